The van der Waals surface area contributed by atoms with Gasteiger partial charge in [0.25, 0.3) is 5.91 Å². The molecule has 4 aromatic rings. The number of rotatable bonds is 7. The van der Waals surface area contributed by atoms with Gasteiger partial charge in [-0.3, -0.25) is 4.79 Å². The van der Waals surface area contributed by atoms with Gasteiger partial charge in [0.2, 0.25) is 5.95 Å². The Balaban J connectivity index is 1.24. The summed E-state index contributed by atoms with van der Waals surface area (Å²) in [5, 5.41) is 4.34. The standard InChI is InChI=1S/C28H29Cl2N7O2/c29-20-8-9-22(23(30)15-20)27(38)35-10-12-36(13-11-35)28-33-25(31-16-21-7-4-14-39-21)24-26(34-28)37(18-32-24)17-19-5-2-1-3-6-19/h1-3,5-6,8-9,15,18,21H,4,7,10-14,16-17H2,(H,31,33,34). The van der Waals surface area contributed by atoms with Crippen molar-refractivity contribution >= 4 is 52.0 Å². The molecule has 2 saturated heterocycles. The maximum atomic E-state index is 13.1. The van der Waals surface area contributed by atoms with Crippen LogP contribution in [0, 0.1) is 0 Å². The van der Waals surface area contributed by atoms with Crippen LogP contribution in [0.4, 0.5) is 11.8 Å². The molecule has 2 aliphatic rings. The van der Waals surface area contributed by atoms with E-state index in [1.165, 1.54) is 5.56 Å². The fourth-order valence-electron chi connectivity index (χ4n) is 5.05. The Labute approximate surface area is 236 Å². The molecule has 0 radical (unpaired) electrons. The number of fused-ring (bicyclic) bond motifs is 1. The Kier molecular flexibility index (Phi) is 7.54. The number of amides is 1. The lowest BCUT2D eigenvalue weighted by molar-refractivity contribution is 0.0746. The Morgan fingerprint density at radius 1 is 1.05 bits per heavy atom. The van der Waals surface area contributed by atoms with Crippen molar-refractivity contribution in [1.82, 2.24) is 24.4 Å². The lowest BCUT2D eigenvalue weighted by Crippen LogP contribution is -2.49. The van der Waals surface area contributed by atoms with Crippen LogP contribution < -0.4 is 10.2 Å². The van der Waals surface area contributed by atoms with E-state index < -0.39 is 0 Å². The van der Waals surface area contributed by atoms with Gasteiger partial charge in [0.1, 0.15) is 0 Å². The quantitative estimate of drug-likeness (QED) is 0.346. The minimum atomic E-state index is -0.104. The van der Waals surface area contributed by atoms with E-state index in [-0.39, 0.29) is 12.0 Å². The maximum absolute atomic E-state index is 13.1. The Morgan fingerprint density at radius 2 is 1.87 bits per heavy atom. The van der Waals surface area contributed by atoms with Gasteiger partial charge in [0.15, 0.2) is 17.0 Å². The Hall–Kier alpha value is -3.40. The van der Waals surface area contributed by atoms with E-state index in [1.807, 2.05) is 24.5 Å². The van der Waals surface area contributed by atoms with Gasteiger partial charge in [-0.15, -0.1) is 0 Å². The predicted molar refractivity (Wildman–Crippen MR) is 153 cm³/mol. The Bertz CT molecular complexity index is 1470. The molecule has 2 aromatic carbocycles. The highest BCUT2D eigenvalue weighted by atomic mass is 35.5. The SMILES string of the molecule is O=C(c1ccc(Cl)cc1Cl)N1CCN(c2nc(NCC3CCCO3)c3ncn(Cc4ccccc4)c3n2)CC1. The van der Waals surface area contributed by atoms with Crippen molar-refractivity contribution in [1.29, 1.82) is 0 Å². The number of imidazole rings is 1. The zero-order chi connectivity index (χ0) is 26.8. The van der Waals surface area contributed by atoms with Gasteiger partial charge >= 0.3 is 0 Å². The monoisotopic (exact) mass is 565 g/mol. The van der Waals surface area contributed by atoms with Crippen molar-refractivity contribution in [3.05, 3.63) is 76.0 Å². The molecule has 2 fully saturated rings. The van der Waals surface area contributed by atoms with Crippen molar-refractivity contribution in [2.24, 2.45) is 0 Å². The molecular formula is C28H29Cl2N7O2. The number of piperazine rings is 1. The van der Waals surface area contributed by atoms with E-state index in [9.17, 15) is 4.79 Å². The lowest BCUT2D eigenvalue weighted by atomic mass is 10.2. The second kappa shape index (κ2) is 11.4. The molecular weight excluding hydrogens is 537 g/mol. The normalized spacial score (nSPS) is 17.6. The number of halogens is 2. The molecule has 202 valence electrons. The summed E-state index contributed by atoms with van der Waals surface area (Å²) in [5.41, 5.74) is 3.13. The fourth-order valence-corrected chi connectivity index (χ4v) is 5.54. The maximum Gasteiger partial charge on any atom is 0.255 e. The van der Waals surface area contributed by atoms with Gasteiger partial charge in [0, 0.05) is 44.4 Å². The first-order valence-electron chi connectivity index (χ1n) is 13.2. The van der Waals surface area contributed by atoms with Crippen molar-refractivity contribution in [3.63, 3.8) is 0 Å². The molecule has 0 aliphatic carbocycles. The number of ether oxygens (including phenoxy) is 1. The summed E-state index contributed by atoms with van der Waals surface area (Å²) in [6.07, 6.45) is 4.09. The number of hydrogen-bond acceptors (Lipinski definition) is 7. The molecule has 1 atom stereocenters. The van der Waals surface area contributed by atoms with Gasteiger partial charge in [-0.05, 0) is 36.6 Å². The molecule has 9 nitrogen and oxygen atoms in total. The summed E-state index contributed by atoms with van der Waals surface area (Å²) in [5.74, 6) is 1.21. The zero-order valence-electron chi connectivity index (χ0n) is 21.4. The molecule has 1 unspecified atom stereocenters. The molecule has 2 aromatic heterocycles. The largest absolute Gasteiger partial charge is 0.376 e. The van der Waals surface area contributed by atoms with Gasteiger partial charge in [0.05, 0.1) is 29.6 Å². The first-order valence-corrected chi connectivity index (χ1v) is 13.9. The first-order chi connectivity index (χ1) is 19.0. The van der Waals surface area contributed by atoms with Crippen LogP contribution in [0.15, 0.2) is 54.9 Å². The number of nitrogens with zero attached hydrogens (tertiary/aromatic N) is 6. The lowest BCUT2D eigenvalue weighted by Gasteiger charge is -2.35. The third-order valence-electron chi connectivity index (χ3n) is 7.18. The van der Waals surface area contributed by atoms with E-state index in [1.54, 1.807) is 23.1 Å². The summed E-state index contributed by atoms with van der Waals surface area (Å²) in [6.45, 7) is 4.38. The van der Waals surface area contributed by atoms with Crippen LogP contribution in [0.25, 0.3) is 11.2 Å². The highest BCUT2D eigenvalue weighted by molar-refractivity contribution is 6.36. The molecule has 1 amide bonds. The van der Waals surface area contributed by atoms with Crippen LogP contribution in [-0.4, -0.2) is 75.8 Å². The van der Waals surface area contributed by atoms with Crippen LogP contribution in [-0.2, 0) is 11.3 Å². The third kappa shape index (κ3) is 5.66. The van der Waals surface area contributed by atoms with Gasteiger partial charge in [-0.2, -0.15) is 9.97 Å². The second-order valence-electron chi connectivity index (χ2n) is 9.82. The number of hydrogen-bond donors (Lipinski definition) is 1. The van der Waals surface area contributed by atoms with Gasteiger partial charge in [-0.25, -0.2) is 4.98 Å². The van der Waals surface area contributed by atoms with Crippen LogP contribution >= 0.6 is 23.2 Å². The zero-order valence-corrected chi connectivity index (χ0v) is 22.9. The number of nitrogens with one attached hydrogen (secondary N) is 1. The molecule has 1 N–H and O–H groups in total. The smallest absolute Gasteiger partial charge is 0.255 e. The molecule has 4 heterocycles. The molecule has 0 spiro atoms. The first kappa shape index (κ1) is 25.9. The van der Waals surface area contributed by atoms with Crippen molar-refractivity contribution in [3.8, 4) is 0 Å². The summed E-state index contributed by atoms with van der Waals surface area (Å²) >= 11 is 12.3. The van der Waals surface area contributed by atoms with E-state index in [4.69, 9.17) is 37.9 Å². The van der Waals surface area contributed by atoms with Gasteiger partial charge in [-0.1, -0.05) is 53.5 Å². The van der Waals surface area contributed by atoms with E-state index >= 15 is 0 Å². The number of aromatic nitrogens is 4. The molecule has 2 aliphatic heterocycles. The van der Waals surface area contributed by atoms with Crippen molar-refractivity contribution < 1.29 is 9.53 Å². The molecule has 0 bridgehead atoms. The van der Waals surface area contributed by atoms with E-state index in [0.29, 0.717) is 66.6 Å². The van der Waals surface area contributed by atoms with Crippen molar-refractivity contribution in [2.45, 2.75) is 25.5 Å². The number of anilines is 2. The minimum absolute atomic E-state index is 0.104. The molecule has 39 heavy (non-hydrogen) atoms. The topological polar surface area (TPSA) is 88.4 Å². The van der Waals surface area contributed by atoms with Crippen LogP contribution in [0.1, 0.15) is 28.8 Å². The molecule has 0 saturated carbocycles. The summed E-state index contributed by atoms with van der Waals surface area (Å²) in [7, 11) is 0. The van der Waals surface area contributed by atoms with E-state index in [2.05, 4.69) is 31.9 Å². The third-order valence-corrected chi connectivity index (χ3v) is 7.73. The van der Waals surface area contributed by atoms with Crippen LogP contribution in [0.2, 0.25) is 10.0 Å². The number of carbonyl (C=O) groups is 1. The second-order valence-corrected chi connectivity index (χ2v) is 10.7. The summed E-state index contributed by atoms with van der Waals surface area (Å²) < 4.78 is 7.86. The van der Waals surface area contributed by atoms with Crippen molar-refractivity contribution in [2.75, 3.05) is 49.5 Å². The fraction of sp³-hybridized carbons (Fsp3) is 0.357. The summed E-state index contributed by atoms with van der Waals surface area (Å²) in [6, 6.07) is 15.2. The van der Waals surface area contributed by atoms with Gasteiger partial charge < -0.3 is 24.4 Å². The highest BCUT2D eigenvalue weighted by Gasteiger charge is 2.26. The number of carbonyl (C=O) groups excluding carboxylic acids is 1. The van der Waals surface area contributed by atoms with Crippen LogP contribution in [0.3, 0.4) is 0 Å². The highest BCUT2D eigenvalue weighted by Crippen LogP contribution is 2.26. The minimum Gasteiger partial charge on any atom is -0.376 e. The average molecular weight is 566 g/mol. The molecule has 11 heteroatoms. The van der Waals surface area contributed by atoms with Crippen LogP contribution in [0.5, 0.6) is 0 Å². The summed E-state index contributed by atoms with van der Waals surface area (Å²) in [4.78, 5) is 31.5. The molecule has 6 rings (SSSR count). The number of benzene rings is 2. The average Bonchev–Trinajstić information content (AvgIpc) is 3.62. The predicted octanol–water partition coefficient (Wildman–Crippen LogP) is 4.73. The Morgan fingerprint density at radius 3 is 2.62 bits per heavy atom. The van der Waals surface area contributed by atoms with E-state index in [0.717, 1.165) is 30.6 Å².